The number of aryl methyl sites for hydroxylation is 2. The molecule has 5 nitrogen and oxygen atoms in total. The average molecular weight is 333 g/mol. The van der Waals surface area contributed by atoms with Gasteiger partial charge in [0.05, 0.1) is 6.42 Å². The summed E-state index contributed by atoms with van der Waals surface area (Å²) in [5.41, 5.74) is 5.30. The second-order valence-electron chi connectivity index (χ2n) is 6.44. The lowest BCUT2D eigenvalue weighted by Gasteiger charge is -2.17. The van der Waals surface area contributed by atoms with Crippen LogP contribution in [0.5, 0.6) is 0 Å². The van der Waals surface area contributed by atoms with Crippen LogP contribution >= 0.6 is 0 Å². The third-order valence-electron chi connectivity index (χ3n) is 4.54. The molecule has 0 N–H and O–H groups in total. The van der Waals surface area contributed by atoms with Crippen molar-refractivity contribution in [2.45, 2.75) is 26.7 Å². The maximum Gasteiger partial charge on any atom is 0.231 e. The molecule has 0 radical (unpaired) electrons. The van der Waals surface area contributed by atoms with Gasteiger partial charge in [0.15, 0.2) is 0 Å². The Balaban J connectivity index is 1.55. The number of nitrogens with zero attached hydrogens (tertiary/aromatic N) is 3. The number of rotatable bonds is 3. The fourth-order valence-corrected chi connectivity index (χ4v) is 3.19. The van der Waals surface area contributed by atoms with Crippen LogP contribution in [-0.2, 0) is 17.6 Å². The Kier molecular flexibility index (Phi) is 3.84. The zero-order valence-corrected chi connectivity index (χ0v) is 14.3. The van der Waals surface area contributed by atoms with E-state index in [2.05, 4.69) is 16.2 Å². The van der Waals surface area contributed by atoms with Gasteiger partial charge in [-0.25, -0.2) is 0 Å². The predicted octanol–water partition coefficient (Wildman–Crippen LogP) is 3.49. The van der Waals surface area contributed by atoms with E-state index in [1.807, 2.05) is 48.2 Å². The molecule has 1 aliphatic heterocycles. The molecule has 2 aromatic carbocycles. The highest BCUT2D eigenvalue weighted by molar-refractivity contribution is 5.97. The standard InChI is InChI=1S/C20H19N3O2/c1-13-3-5-15(6-4-13)11-19(24)23-10-9-16-12-17(7-8-18(16)23)20-21-14(2)25-22-20/h3-8,12H,9-11H2,1-2H3. The number of fused-ring (bicyclic) bond motifs is 1. The molecule has 25 heavy (non-hydrogen) atoms. The Bertz CT molecular complexity index is 928. The summed E-state index contributed by atoms with van der Waals surface area (Å²) in [5, 5.41) is 3.96. The zero-order valence-electron chi connectivity index (χ0n) is 14.3. The summed E-state index contributed by atoms with van der Waals surface area (Å²) in [6, 6.07) is 14.1. The first-order valence-corrected chi connectivity index (χ1v) is 8.40. The predicted molar refractivity (Wildman–Crippen MR) is 95.4 cm³/mol. The average Bonchev–Trinajstić information content (AvgIpc) is 3.22. The van der Waals surface area contributed by atoms with Crippen LogP contribution in [0.3, 0.4) is 0 Å². The van der Waals surface area contributed by atoms with E-state index in [-0.39, 0.29) is 5.91 Å². The molecule has 0 aliphatic carbocycles. The van der Waals surface area contributed by atoms with Gasteiger partial charge in [-0.1, -0.05) is 35.0 Å². The minimum Gasteiger partial charge on any atom is -0.339 e. The van der Waals surface area contributed by atoms with Crippen LogP contribution in [0.1, 0.15) is 22.6 Å². The maximum absolute atomic E-state index is 12.7. The maximum atomic E-state index is 12.7. The minimum absolute atomic E-state index is 0.130. The molecule has 5 heteroatoms. The van der Waals surface area contributed by atoms with Crippen molar-refractivity contribution in [3.05, 3.63) is 65.0 Å². The van der Waals surface area contributed by atoms with Crippen molar-refractivity contribution in [3.8, 4) is 11.4 Å². The van der Waals surface area contributed by atoms with Gasteiger partial charge in [0, 0.05) is 24.7 Å². The molecular weight excluding hydrogens is 314 g/mol. The van der Waals surface area contributed by atoms with Gasteiger partial charge >= 0.3 is 0 Å². The molecule has 1 aromatic heterocycles. The quantitative estimate of drug-likeness (QED) is 0.736. The van der Waals surface area contributed by atoms with Gasteiger partial charge < -0.3 is 9.42 Å². The van der Waals surface area contributed by atoms with E-state index in [1.165, 1.54) is 5.56 Å². The number of carbonyl (C=O) groups excluding carboxylic acids is 1. The van der Waals surface area contributed by atoms with E-state index in [0.29, 0.717) is 18.1 Å². The number of anilines is 1. The van der Waals surface area contributed by atoms with Gasteiger partial charge in [-0.2, -0.15) is 4.98 Å². The Hall–Kier alpha value is -2.95. The van der Waals surface area contributed by atoms with Crippen LogP contribution in [0.15, 0.2) is 47.0 Å². The molecule has 0 saturated heterocycles. The molecule has 2 heterocycles. The van der Waals surface area contributed by atoms with E-state index in [0.717, 1.165) is 35.3 Å². The molecule has 0 bridgehead atoms. The first kappa shape index (κ1) is 15.6. The Labute approximate surface area is 146 Å². The number of amides is 1. The molecule has 126 valence electrons. The van der Waals surface area contributed by atoms with Crippen molar-refractivity contribution in [1.82, 2.24) is 10.1 Å². The van der Waals surface area contributed by atoms with Crippen LogP contribution in [0.25, 0.3) is 11.4 Å². The van der Waals surface area contributed by atoms with Crippen LogP contribution in [0.2, 0.25) is 0 Å². The van der Waals surface area contributed by atoms with Gasteiger partial charge in [0.2, 0.25) is 17.6 Å². The summed E-state index contributed by atoms with van der Waals surface area (Å²) in [6.45, 7) is 4.54. The SMILES string of the molecule is Cc1ccc(CC(=O)N2CCc3cc(-c4noc(C)n4)ccc32)cc1. The molecule has 0 saturated carbocycles. The van der Waals surface area contributed by atoms with E-state index in [1.54, 1.807) is 6.92 Å². The largest absolute Gasteiger partial charge is 0.339 e. The number of hydrogen-bond acceptors (Lipinski definition) is 4. The van der Waals surface area contributed by atoms with Crippen molar-refractivity contribution in [3.63, 3.8) is 0 Å². The van der Waals surface area contributed by atoms with Gasteiger partial charge in [0.25, 0.3) is 0 Å². The summed E-state index contributed by atoms with van der Waals surface area (Å²) in [4.78, 5) is 18.8. The lowest BCUT2D eigenvalue weighted by atomic mass is 10.1. The third-order valence-corrected chi connectivity index (χ3v) is 4.54. The van der Waals surface area contributed by atoms with Crippen LogP contribution in [0.4, 0.5) is 5.69 Å². The van der Waals surface area contributed by atoms with E-state index >= 15 is 0 Å². The Morgan fingerprint density at radius 2 is 1.96 bits per heavy atom. The fourth-order valence-electron chi connectivity index (χ4n) is 3.19. The molecular formula is C20H19N3O2. The first-order valence-electron chi connectivity index (χ1n) is 8.40. The monoisotopic (exact) mass is 333 g/mol. The minimum atomic E-state index is 0.130. The summed E-state index contributed by atoms with van der Waals surface area (Å²) in [5.74, 6) is 1.26. The number of benzene rings is 2. The van der Waals surface area contributed by atoms with E-state index in [9.17, 15) is 4.79 Å². The molecule has 1 amide bonds. The van der Waals surface area contributed by atoms with Gasteiger partial charge in [0.1, 0.15) is 0 Å². The molecule has 0 spiro atoms. The second kappa shape index (κ2) is 6.16. The van der Waals surface area contributed by atoms with Crippen molar-refractivity contribution < 1.29 is 9.32 Å². The van der Waals surface area contributed by atoms with Crippen LogP contribution in [0, 0.1) is 13.8 Å². The highest BCUT2D eigenvalue weighted by Gasteiger charge is 2.25. The molecule has 4 rings (SSSR count). The highest BCUT2D eigenvalue weighted by Crippen LogP contribution is 2.32. The highest BCUT2D eigenvalue weighted by atomic mass is 16.5. The van der Waals surface area contributed by atoms with Crippen molar-refractivity contribution in [2.75, 3.05) is 11.4 Å². The summed E-state index contributed by atoms with van der Waals surface area (Å²) >= 11 is 0. The molecule has 1 aliphatic rings. The lowest BCUT2D eigenvalue weighted by Crippen LogP contribution is -2.30. The van der Waals surface area contributed by atoms with Crippen LogP contribution in [-0.4, -0.2) is 22.6 Å². The smallest absolute Gasteiger partial charge is 0.231 e. The van der Waals surface area contributed by atoms with E-state index < -0.39 is 0 Å². The number of aromatic nitrogens is 2. The molecule has 0 unspecified atom stereocenters. The Morgan fingerprint density at radius 1 is 1.16 bits per heavy atom. The Morgan fingerprint density at radius 3 is 2.68 bits per heavy atom. The van der Waals surface area contributed by atoms with Crippen LogP contribution < -0.4 is 4.90 Å². The zero-order chi connectivity index (χ0) is 17.4. The summed E-state index contributed by atoms with van der Waals surface area (Å²) in [6.07, 6.45) is 1.27. The fraction of sp³-hybridized carbons (Fsp3) is 0.250. The third kappa shape index (κ3) is 3.05. The van der Waals surface area contributed by atoms with E-state index in [4.69, 9.17) is 4.52 Å². The molecule has 0 atom stereocenters. The number of hydrogen-bond donors (Lipinski definition) is 0. The summed E-state index contributed by atoms with van der Waals surface area (Å²) in [7, 11) is 0. The van der Waals surface area contributed by atoms with Gasteiger partial charge in [-0.05, 0) is 42.7 Å². The topological polar surface area (TPSA) is 59.2 Å². The lowest BCUT2D eigenvalue weighted by molar-refractivity contribution is -0.117. The normalized spacial score (nSPS) is 13.1. The van der Waals surface area contributed by atoms with Crippen molar-refractivity contribution in [2.24, 2.45) is 0 Å². The van der Waals surface area contributed by atoms with Crippen molar-refractivity contribution in [1.29, 1.82) is 0 Å². The van der Waals surface area contributed by atoms with Gasteiger partial charge in [-0.15, -0.1) is 0 Å². The molecule has 0 fully saturated rings. The number of carbonyl (C=O) groups is 1. The van der Waals surface area contributed by atoms with Crippen molar-refractivity contribution >= 4 is 11.6 Å². The first-order chi connectivity index (χ1) is 12.1. The molecule has 3 aromatic rings. The summed E-state index contributed by atoms with van der Waals surface area (Å²) < 4.78 is 5.05. The van der Waals surface area contributed by atoms with Gasteiger partial charge in [-0.3, -0.25) is 4.79 Å². The second-order valence-corrected chi connectivity index (χ2v) is 6.44.